The third-order valence-electron chi connectivity index (χ3n) is 4.01. The van der Waals surface area contributed by atoms with Crippen molar-refractivity contribution in [3.63, 3.8) is 0 Å². The van der Waals surface area contributed by atoms with E-state index in [-0.39, 0.29) is 12.0 Å². The van der Waals surface area contributed by atoms with Crippen LogP contribution >= 0.6 is 11.5 Å². The zero-order valence-electron chi connectivity index (χ0n) is 11.9. The van der Waals surface area contributed by atoms with Crippen molar-refractivity contribution in [2.75, 3.05) is 13.7 Å². The van der Waals surface area contributed by atoms with Crippen LogP contribution in [-0.4, -0.2) is 24.0 Å². The first-order valence-corrected chi connectivity index (χ1v) is 7.88. The standard InChI is InChI=1S/C16H18N2O2S/c1-20-16(19)13-5-3-2-4-12(13)14-10-11(6-8-17-14)15-7-9-18-21-15/h2-5,7,9,11,14,17H,6,8,10H2,1H3/t11?,14-/m0/s1. The lowest BCUT2D eigenvalue weighted by Gasteiger charge is -2.30. The van der Waals surface area contributed by atoms with Crippen molar-refractivity contribution >= 4 is 17.5 Å². The Kier molecular flexibility index (Phi) is 4.31. The summed E-state index contributed by atoms with van der Waals surface area (Å²) >= 11 is 1.57. The van der Waals surface area contributed by atoms with Crippen LogP contribution in [0.5, 0.6) is 0 Å². The zero-order valence-corrected chi connectivity index (χ0v) is 12.7. The van der Waals surface area contributed by atoms with Gasteiger partial charge in [-0.05, 0) is 54.5 Å². The van der Waals surface area contributed by atoms with Crippen LogP contribution in [0.15, 0.2) is 36.5 Å². The minimum absolute atomic E-state index is 0.182. The van der Waals surface area contributed by atoms with Gasteiger partial charge in [0.1, 0.15) is 0 Å². The highest BCUT2D eigenvalue weighted by atomic mass is 32.1. The van der Waals surface area contributed by atoms with E-state index in [1.165, 1.54) is 12.0 Å². The van der Waals surface area contributed by atoms with Crippen LogP contribution in [-0.2, 0) is 4.74 Å². The van der Waals surface area contributed by atoms with Gasteiger partial charge in [-0.15, -0.1) is 0 Å². The van der Waals surface area contributed by atoms with E-state index in [1.54, 1.807) is 11.5 Å². The molecule has 1 aromatic carbocycles. The van der Waals surface area contributed by atoms with Gasteiger partial charge in [-0.1, -0.05) is 18.2 Å². The van der Waals surface area contributed by atoms with E-state index in [1.807, 2.05) is 30.5 Å². The summed E-state index contributed by atoms with van der Waals surface area (Å²) in [5.41, 5.74) is 1.68. The number of hydrogen-bond acceptors (Lipinski definition) is 5. The average Bonchev–Trinajstić information content (AvgIpc) is 3.09. The van der Waals surface area contributed by atoms with Crippen molar-refractivity contribution in [2.45, 2.75) is 24.8 Å². The van der Waals surface area contributed by atoms with Crippen LogP contribution in [0.4, 0.5) is 0 Å². The number of nitrogens with one attached hydrogen (secondary N) is 1. The summed E-state index contributed by atoms with van der Waals surface area (Å²) in [6.07, 6.45) is 3.95. The molecule has 110 valence electrons. The van der Waals surface area contributed by atoms with Crippen LogP contribution in [0.2, 0.25) is 0 Å². The van der Waals surface area contributed by atoms with E-state index in [4.69, 9.17) is 4.74 Å². The molecule has 2 aromatic rings. The molecule has 5 heteroatoms. The largest absolute Gasteiger partial charge is 0.465 e. The molecular formula is C16H18N2O2S. The third kappa shape index (κ3) is 2.99. The Morgan fingerprint density at radius 2 is 2.24 bits per heavy atom. The highest BCUT2D eigenvalue weighted by Crippen LogP contribution is 2.36. The molecule has 1 fully saturated rings. The first kappa shape index (κ1) is 14.2. The van der Waals surface area contributed by atoms with Gasteiger partial charge in [-0.3, -0.25) is 0 Å². The van der Waals surface area contributed by atoms with Crippen LogP contribution in [0, 0.1) is 0 Å². The second kappa shape index (κ2) is 6.37. The van der Waals surface area contributed by atoms with Crippen LogP contribution in [0.3, 0.4) is 0 Å². The summed E-state index contributed by atoms with van der Waals surface area (Å²) < 4.78 is 9.09. The molecule has 1 N–H and O–H groups in total. The predicted octanol–water partition coefficient (Wildman–Crippen LogP) is 3.14. The van der Waals surface area contributed by atoms with Gasteiger partial charge in [0.05, 0.1) is 12.7 Å². The molecule has 1 saturated heterocycles. The fourth-order valence-electron chi connectivity index (χ4n) is 2.95. The zero-order chi connectivity index (χ0) is 14.7. The van der Waals surface area contributed by atoms with Gasteiger partial charge in [0.15, 0.2) is 0 Å². The lowest BCUT2D eigenvalue weighted by Crippen LogP contribution is -2.31. The van der Waals surface area contributed by atoms with Gasteiger partial charge < -0.3 is 10.1 Å². The van der Waals surface area contributed by atoms with Gasteiger partial charge in [0, 0.05) is 17.1 Å². The second-order valence-electron chi connectivity index (χ2n) is 5.22. The highest BCUT2D eigenvalue weighted by Gasteiger charge is 2.27. The number of nitrogens with zero attached hydrogens (tertiary/aromatic N) is 1. The van der Waals surface area contributed by atoms with Gasteiger partial charge in [-0.25, -0.2) is 9.17 Å². The Morgan fingerprint density at radius 3 is 3.00 bits per heavy atom. The van der Waals surface area contributed by atoms with Gasteiger partial charge in [0.25, 0.3) is 0 Å². The molecule has 0 saturated carbocycles. The average molecular weight is 302 g/mol. The molecule has 1 aliphatic heterocycles. The molecule has 1 aliphatic rings. The Balaban J connectivity index is 1.85. The summed E-state index contributed by atoms with van der Waals surface area (Å²) in [4.78, 5) is 13.3. The maximum Gasteiger partial charge on any atom is 0.338 e. The van der Waals surface area contributed by atoms with Crippen molar-refractivity contribution in [2.24, 2.45) is 0 Å². The number of ether oxygens (including phenoxy) is 1. The molecule has 21 heavy (non-hydrogen) atoms. The Labute approximate surface area is 128 Å². The quantitative estimate of drug-likeness (QED) is 0.885. The van der Waals surface area contributed by atoms with Crippen LogP contribution < -0.4 is 5.32 Å². The van der Waals surface area contributed by atoms with E-state index >= 15 is 0 Å². The summed E-state index contributed by atoms with van der Waals surface area (Å²) in [6, 6.07) is 9.97. The van der Waals surface area contributed by atoms with Crippen molar-refractivity contribution < 1.29 is 9.53 Å². The lowest BCUT2D eigenvalue weighted by molar-refractivity contribution is 0.0598. The Hall–Kier alpha value is -1.72. The lowest BCUT2D eigenvalue weighted by atomic mass is 9.86. The number of benzene rings is 1. The predicted molar refractivity (Wildman–Crippen MR) is 82.6 cm³/mol. The van der Waals surface area contributed by atoms with E-state index in [9.17, 15) is 4.79 Å². The minimum Gasteiger partial charge on any atom is -0.465 e. The number of aromatic nitrogens is 1. The third-order valence-corrected chi connectivity index (χ3v) is 4.91. The van der Waals surface area contributed by atoms with Gasteiger partial charge in [-0.2, -0.15) is 0 Å². The number of methoxy groups -OCH3 is 1. The highest BCUT2D eigenvalue weighted by molar-refractivity contribution is 7.05. The summed E-state index contributed by atoms with van der Waals surface area (Å²) in [6.45, 7) is 0.947. The molecule has 0 spiro atoms. The molecule has 3 rings (SSSR count). The molecule has 0 radical (unpaired) electrons. The van der Waals surface area contributed by atoms with Crippen molar-refractivity contribution in [1.82, 2.24) is 9.69 Å². The number of hydrogen-bond donors (Lipinski definition) is 1. The number of piperidine rings is 1. The van der Waals surface area contributed by atoms with Crippen molar-refractivity contribution in [3.8, 4) is 0 Å². The number of esters is 1. The van der Waals surface area contributed by atoms with E-state index in [0.717, 1.165) is 24.9 Å². The molecule has 4 nitrogen and oxygen atoms in total. The summed E-state index contributed by atoms with van der Waals surface area (Å²) in [7, 11) is 1.42. The molecular weight excluding hydrogens is 284 g/mol. The number of rotatable bonds is 3. The van der Waals surface area contributed by atoms with Gasteiger partial charge in [0.2, 0.25) is 0 Å². The monoisotopic (exact) mass is 302 g/mol. The van der Waals surface area contributed by atoms with E-state index in [0.29, 0.717) is 11.5 Å². The normalized spacial score (nSPS) is 22.0. The number of carbonyl (C=O) groups is 1. The fourth-order valence-corrected chi connectivity index (χ4v) is 3.67. The van der Waals surface area contributed by atoms with E-state index in [2.05, 4.69) is 15.8 Å². The molecule has 1 aromatic heterocycles. The topological polar surface area (TPSA) is 51.2 Å². The van der Waals surface area contributed by atoms with E-state index < -0.39 is 0 Å². The molecule has 0 aliphatic carbocycles. The Morgan fingerprint density at radius 1 is 1.38 bits per heavy atom. The maximum atomic E-state index is 11.9. The fraction of sp³-hybridized carbons (Fsp3) is 0.375. The summed E-state index contributed by atoms with van der Waals surface area (Å²) in [5.74, 6) is 0.238. The summed E-state index contributed by atoms with van der Waals surface area (Å²) in [5, 5.41) is 3.52. The number of carbonyl (C=O) groups excluding carboxylic acids is 1. The first-order valence-electron chi connectivity index (χ1n) is 7.11. The van der Waals surface area contributed by atoms with Crippen LogP contribution in [0.25, 0.3) is 0 Å². The first-order chi connectivity index (χ1) is 10.3. The molecule has 2 atom stereocenters. The van der Waals surface area contributed by atoms with Crippen molar-refractivity contribution in [1.29, 1.82) is 0 Å². The smallest absolute Gasteiger partial charge is 0.338 e. The molecule has 0 amide bonds. The van der Waals surface area contributed by atoms with Crippen LogP contribution in [0.1, 0.15) is 45.6 Å². The Bertz CT molecular complexity index is 612. The SMILES string of the molecule is COC(=O)c1ccccc1[C@@H]1CC(c2ccns2)CCN1. The maximum absolute atomic E-state index is 11.9. The second-order valence-corrected chi connectivity index (χ2v) is 6.09. The molecule has 0 bridgehead atoms. The molecule has 1 unspecified atom stereocenters. The van der Waals surface area contributed by atoms with Gasteiger partial charge >= 0.3 is 5.97 Å². The minimum atomic E-state index is -0.271. The molecule has 2 heterocycles. The van der Waals surface area contributed by atoms with Crippen molar-refractivity contribution in [3.05, 3.63) is 52.5 Å².